The predicted octanol–water partition coefficient (Wildman–Crippen LogP) is 2.91. The second-order valence-corrected chi connectivity index (χ2v) is 7.17. The van der Waals surface area contributed by atoms with Crippen molar-refractivity contribution in [2.75, 3.05) is 24.5 Å². The molecule has 25 heavy (non-hydrogen) atoms. The predicted molar refractivity (Wildman–Crippen MR) is 98.3 cm³/mol. The summed E-state index contributed by atoms with van der Waals surface area (Å²) in [7, 11) is 0. The van der Waals surface area contributed by atoms with E-state index in [9.17, 15) is 9.90 Å². The molecule has 130 valence electrons. The summed E-state index contributed by atoms with van der Waals surface area (Å²) in [4.78, 5) is 16.0. The van der Waals surface area contributed by atoms with Gasteiger partial charge in [0.1, 0.15) is 5.60 Å². The molecule has 0 aliphatic carbocycles. The molecule has 2 aromatic carbocycles. The van der Waals surface area contributed by atoms with Gasteiger partial charge in [0.2, 0.25) is 5.91 Å². The van der Waals surface area contributed by atoms with Crippen LogP contribution in [0.3, 0.4) is 0 Å². The fourth-order valence-electron chi connectivity index (χ4n) is 3.95. The second-order valence-electron chi connectivity index (χ2n) is 7.17. The van der Waals surface area contributed by atoms with Gasteiger partial charge in [0, 0.05) is 38.3 Å². The molecule has 0 aromatic heterocycles. The summed E-state index contributed by atoms with van der Waals surface area (Å²) in [6.07, 6.45) is 2.37. The second kappa shape index (κ2) is 6.62. The standard InChI is InChI=1S/C21H24N2O2/c24-20-7-4-13-23(20)19-10-8-17(9-11-19)15-22-14-12-21(25,16-22)18-5-2-1-3-6-18/h1-3,5-6,8-11,25H,4,7,12-16H2/t21-/m1/s1. The van der Waals surface area contributed by atoms with E-state index in [-0.39, 0.29) is 5.91 Å². The van der Waals surface area contributed by atoms with Crippen molar-refractivity contribution >= 4 is 11.6 Å². The number of aliphatic hydroxyl groups is 1. The number of carbonyl (C=O) groups excluding carboxylic acids is 1. The van der Waals surface area contributed by atoms with Gasteiger partial charge in [-0.1, -0.05) is 42.5 Å². The first-order chi connectivity index (χ1) is 12.1. The Morgan fingerprint density at radius 3 is 2.44 bits per heavy atom. The maximum atomic E-state index is 11.8. The van der Waals surface area contributed by atoms with Gasteiger partial charge < -0.3 is 10.0 Å². The van der Waals surface area contributed by atoms with Gasteiger partial charge in [-0.25, -0.2) is 0 Å². The lowest BCUT2D eigenvalue weighted by molar-refractivity contribution is -0.117. The van der Waals surface area contributed by atoms with Gasteiger partial charge in [-0.3, -0.25) is 9.69 Å². The van der Waals surface area contributed by atoms with Crippen molar-refractivity contribution in [2.24, 2.45) is 0 Å². The minimum absolute atomic E-state index is 0.222. The molecule has 2 heterocycles. The van der Waals surface area contributed by atoms with Crippen molar-refractivity contribution < 1.29 is 9.90 Å². The number of rotatable bonds is 4. The highest BCUT2D eigenvalue weighted by Crippen LogP contribution is 2.32. The minimum Gasteiger partial charge on any atom is -0.384 e. The van der Waals surface area contributed by atoms with E-state index in [1.54, 1.807) is 0 Å². The first kappa shape index (κ1) is 16.3. The molecule has 1 atom stereocenters. The maximum Gasteiger partial charge on any atom is 0.227 e. The molecule has 2 saturated heterocycles. The SMILES string of the molecule is O=C1CCCN1c1ccc(CN2CC[C@](O)(c3ccccc3)C2)cc1. The molecule has 0 spiro atoms. The number of carbonyl (C=O) groups is 1. The Morgan fingerprint density at radius 2 is 1.76 bits per heavy atom. The Hall–Kier alpha value is -2.17. The van der Waals surface area contributed by atoms with Crippen LogP contribution in [0.2, 0.25) is 0 Å². The van der Waals surface area contributed by atoms with E-state index in [2.05, 4.69) is 17.0 Å². The first-order valence-corrected chi connectivity index (χ1v) is 9.04. The lowest BCUT2D eigenvalue weighted by atomic mass is 9.93. The molecule has 1 amide bonds. The first-order valence-electron chi connectivity index (χ1n) is 9.04. The van der Waals surface area contributed by atoms with Crippen molar-refractivity contribution in [3.63, 3.8) is 0 Å². The van der Waals surface area contributed by atoms with Crippen LogP contribution in [0.25, 0.3) is 0 Å². The third-order valence-electron chi connectivity index (χ3n) is 5.37. The lowest BCUT2D eigenvalue weighted by Crippen LogP contribution is -2.30. The fraction of sp³-hybridized carbons (Fsp3) is 0.381. The molecular formula is C21H24N2O2. The van der Waals surface area contributed by atoms with E-state index in [4.69, 9.17) is 0 Å². The van der Waals surface area contributed by atoms with Gasteiger partial charge in [-0.2, -0.15) is 0 Å². The summed E-state index contributed by atoms with van der Waals surface area (Å²) in [6.45, 7) is 3.19. The number of hydrogen-bond acceptors (Lipinski definition) is 3. The van der Waals surface area contributed by atoms with Crippen molar-refractivity contribution in [3.05, 3.63) is 65.7 Å². The van der Waals surface area contributed by atoms with Gasteiger partial charge in [0.05, 0.1) is 0 Å². The van der Waals surface area contributed by atoms with Crippen LogP contribution in [0, 0.1) is 0 Å². The summed E-state index contributed by atoms with van der Waals surface area (Å²) < 4.78 is 0. The zero-order chi connectivity index (χ0) is 17.3. The zero-order valence-corrected chi connectivity index (χ0v) is 14.4. The number of amides is 1. The van der Waals surface area contributed by atoms with E-state index in [0.29, 0.717) is 13.0 Å². The van der Waals surface area contributed by atoms with Crippen LogP contribution in [0.1, 0.15) is 30.4 Å². The molecule has 1 N–H and O–H groups in total. The molecular weight excluding hydrogens is 312 g/mol. The molecule has 0 bridgehead atoms. The lowest BCUT2D eigenvalue weighted by Gasteiger charge is -2.24. The molecule has 4 heteroatoms. The molecule has 2 aliphatic heterocycles. The molecule has 0 saturated carbocycles. The number of anilines is 1. The van der Waals surface area contributed by atoms with Crippen molar-refractivity contribution in [1.29, 1.82) is 0 Å². The Labute approximate surface area is 148 Å². The topological polar surface area (TPSA) is 43.8 Å². The largest absolute Gasteiger partial charge is 0.384 e. The molecule has 2 aromatic rings. The summed E-state index contributed by atoms with van der Waals surface area (Å²) in [6, 6.07) is 18.2. The fourth-order valence-corrected chi connectivity index (χ4v) is 3.95. The average Bonchev–Trinajstić information content (AvgIpc) is 3.23. The number of hydrogen-bond donors (Lipinski definition) is 1. The molecule has 0 radical (unpaired) electrons. The van der Waals surface area contributed by atoms with E-state index >= 15 is 0 Å². The monoisotopic (exact) mass is 336 g/mol. The summed E-state index contributed by atoms with van der Waals surface area (Å²) in [5.74, 6) is 0.222. The zero-order valence-electron chi connectivity index (χ0n) is 14.4. The number of nitrogens with zero attached hydrogens (tertiary/aromatic N) is 2. The quantitative estimate of drug-likeness (QED) is 0.934. The molecule has 4 rings (SSSR count). The van der Waals surface area contributed by atoms with Crippen molar-refractivity contribution in [3.8, 4) is 0 Å². The van der Waals surface area contributed by atoms with Crippen molar-refractivity contribution in [1.82, 2.24) is 4.90 Å². The molecule has 2 aliphatic rings. The van der Waals surface area contributed by atoms with Crippen LogP contribution >= 0.6 is 0 Å². The Morgan fingerprint density at radius 1 is 1.00 bits per heavy atom. The van der Waals surface area contributed by atoms with E-state index in [1.807, 2.05) is 47.4 Å². The Kier molecular flexibility index (Phi) is 4.32. The third kappa shape index (κ3) is 3.32. The Balaban J connectivity index is 1.41. The minimum atomic E-state index is -0.747. The number of β-amino-alcohol motifs (C(OH)–C–C–N with tert-alkyl or cyclic N) is 1. The smallest absolute Gasteiger partial charge is 0.227 e. The molecule has 0 unspecified atom stereocenters. The Bertz CT molecular complexity index is 744. The normalized spacial score (nSPS) is 24.2. The van der Waals surface area contributed by atoms with Crippen LogP contribution in [0.5, 0.6) is 0 Å². The summed E-state index contributed by atoms with van der Waals surface area (Å²) in [5.41, 5.74) is 2.46. The van der Waals surface area contributed by atoms with Gasteiger partial charge in [0.15, 0.2) is 0 Å². The molecule has 4 nitrogen and oxygen atoms in total. The average molecular weight is 336 g/mol. The van der Waals surface area contributed by atoms with Crippen LogP contribution in [-0.4, -0.2) is 35.5 Å². The van der Waals surface area contributed by atoms with Gasteiger partial charge >= 0.3 is 0 Å². The summed E-state index contributed by atoms with van der Waals surface area (Å²) >= 11 is 0. The van der Waals surface area contributed by atoms with Crippen LogP contribution < -0.4 is 4.90 Å². The van der Waals surface area contributed by atoms with E-state index in [1.165, 1.54) is 5.56 Å². The highest BCUT2D eigenvalue weighted by atomic mass is 16.3. The number of likely N-dealkylation sites (tertiary alicyclic amines) is 1. The number of benzene rings is 2. The highest BCUT2D eigenvalue weighted by molar-refractivity contribution is 5.95. The van der Waals surface area contributed by atoms with Gasteiger partial charge in [0.25, 0.3) is 0 Å². The highest BCUT2D eigenvalue weighted by Gasteiger charge is 2.37. The van der Waals surface area contributed by atoms with E-state index in [0.717, 1.165) is 43.7 Å². The van der Waals surface area contributed by atoms with Gasteiger partial charge in [-0.15, -0.1) is 0 Å². The van der Waals surface area contributed by atoms with Crippen LogP contribution in [0.15, 0.2) is 54.6 Å². The molecule has 2 fully saturated rings. The van der Waals surface area contributed by atoms with E-state index < -0.39 is 5.60 Å². The maximum absolute atomic E-state index is 11.8. The van der Waals surface area contributed by atoms with Crippen LogP contribution in [0.4, 0.5) is 5.69 Å². The van der Waals surface area contributed by atoms with Crippen LogP contribution in [-0.2, 0) is 16.9 Å². The van der Waals surface area contributed by atoms with Crippen molar-refractivity contribution in [2.45, 2.75) is 31.4 Å². The van der Waals surface area contributed by atoms with Gasteiger partial charge in [-0.05, 0) is 36.1 Å². The third-order valence-corrected chi connectivity index (χ3v) is 5.37. The summed E-state index contributed by atoms with van der Waals surface area (Å²) in [5, 5.41) is 10.9.